The van der Waals surface area contributed by atoms with E-state index >= 15 is 0 Å². The normalized spacial score (nSPS) is 12.4. The van der Waals surface area contributed by atoms with Crippen molar-refractivity contribution in [1.29, 1.82) is 0 Å². The molecule has 0 aliphatic heterocycles. The van der Waals surface area contributed by atoms with Crippen LogP contribution in [0.3, 0.4) is 0 Å². The zero-order chi connectivity index (χ0) is 14.1. The molecule has 1 aromatic carbocycles. The van der Waals surface area contributed by atoms with Gasteiger partial charge in [-0.1, -0.05) is 0 Å². The number of methoxy groups -OCH3 is 1. The van der Waals surface area contributed by atoms with Crippen LogP contribution < -0.4 is 10.5 Å². The summed E-state index contributed by atoms with van der Waals surface area (Å²) in [5, 5.41) is 0. The van der Waals surface area contributed by atoms with E-state index < -0.39 is 42.1 Å². The lowest BCUT2D eigenvalue weighted by atomic mass is 10.2. The second kappa shape index (κ2) is 4.82. The van der Waals surface area contributed by atoms with Crippen LogP contribution in [0.25, 0.3) is 0 Å². The maximum absolute atomic E-state index is 11.2. The van der Waals surface area contributed by atoms with Crippen LogP contribution in [0.15, 0.2) is 21.9 Å². The highest BCUT2D eigenvalue weighted by Gasteiger charge is 2.27. The molecule has 0 saturated heterocycles. The van der Waals surface area contributed by atoms with Gasteiger partial charge in [0.25, 0.3) is 20.2 Å². The van der Waals surface area contributed by atoms with Gasteiger partial charge in [0.15, 0.2) is 0 Å². The van der Waals surface area contributed by atoms with E-state index in [1.54, 1.807) is 0 Å². The highest BCUT2D eigenvalue weighted by Crippen LogP contribution is 2.31. The molecule has 0 aliphatic rings. The largest absolute Gasteiger partial charge is 0.495 e. The summed E-state index contributed by atoms with van der Waals surface area (Å²) in [4.78, 5) is -1.47. The first kappa shape index (κ1) is 14.9. The zero-order valence-corrected chi connectivity index (χ0v) is 10.8. The quantitative estimate of drug-likeness (QED) is 0.639. The van der Waals surface area contributed by atoms with Gasteiger partial charge >= 0.3 is 0 Å². The molecule has 4 N–H and O–H groups in total. The lowest BCUT2D eigenvalue weighted by Gasteiger charge is -2.13. The molecular weight excluding hydrogens is 286 g/mol. The predicted octanol–water partition coefficient (Wildman–Crippen LogP) is -0.353. The van der Waals surface area contributed by atoms with Crippen molar-refractivity contribution < 1.29 is 30.7 Å². The molecule has 1 rings (SSSR count). The monoisotopic (exact) mass is 297 g/mol. The third-order valence-corrected chi connectivity index (χ3v) is 4.04. The predicted molar refractivity (Wildman–Crippen MR) is 60.5 cm³/mol. The van der Waals surface area contributed by atoms with Gasteiger partial charge in [-0.3, -0.25) is 9.11 Å². The first-order chi connectivity index (χ1) is 8.12. The summed E-state index contributed by atoms with van der Waals surface area (Å²) in [6.45, 7) is -0.526. The highest BCUT2D eigenvalue weighted by atomic mass is 32.2. The van der Waals surface area contributed by atoms with Gasteiger partial charge in [0, 0.05) is 12.1 Å². The number of hydrogen-bond donors (Lipinski definition) is 3. The lowest BCUT2D eigenvalue weighted by molar-refractivity contribution is 0.395. The summed E-state index contributed by atoms with van der Waals surface area (Å²) in [7, 11) is -8.28. The second-order valence-corrected chi connectivity index (χ2v) is 5.98. The maximum Gasteiger partial charge on any atom is 0.298 e. The third-order valence-electron chi connectivity index (χ3n) is 2.14. The van der Waals surface area contributed by atoms with E-state index in [1.807, 2.05) is 0 Å². The van der Waals surface area contributed by atoms with E-state index in [0.717, 1.165) is 19.2 Å². The fourth-order valence-corrected chi connectivity index (χ4v) is 3.18. The van der Waals surface area contributed by atoms with Gasteiger partial charge < -0.3 is 10.5 Å². The molecule has 0 heterocycles. The molecule has 0 atom stereocenters. The lowest BCUT2D eigenvalue weighted by Crippen LogP contribution is -2.14. The number of ether oxygens (including phenoxy) is 1. The molecule has 0 aromatic heterocycles. The highest BCUT2D eigenvalue weighted by molar-refractivity contribution is 7.86. The Bertz CT molecular complexity index is 663. The fourth-order valence-electron chi connectivity index (χ4n) is 1.47. The van der Waals surface area contributed by atoms with Crippen LogP contribution in [0, 0.1) is 0 Å². The van der Waals surface area contributed by atoms with Crippen LogP contribution in [0.5, 0.6) is 5.75 Å². The molecule has 0 amide bonds. The molecule has 0 spiro atoms. The summed E-state index contributed by atoms with van der Waals surface area (Å²) in [6.07, 6.45) is 0. The minimum absolute atomic E-state index is 0.273. The Morgan fingerprint density at radius 3 is 2.06 bits per heavy atom. The SMILES string of the molecule is COc1ccc(S(=O)(=O)O)c(CN)c1S(=O)(=O)O. The van der Waals surface area contributed by atoms with Crippen LogP contribution in [0.2, 0.25) is 0 Å². The van der Waals surface area contributed by atoms with Gasteiger partial charge in [0.1, 0.15) is 15.5 Å². The van der Waals surface area contributed by atoms with Crippen LogP contribution in [-0.2, 0) is 26.8 Å². The van der Waals surface area contributed by atoms with Crippen molar-refractivity contribution in [2.45, 2.75) is 16.3 Å². The molecule has 0 saturated carbocycles. The number of benzene rings is 1. The van der Waals surface area contributed by atoms with E-state index in [-0.39, 0.29) is 5.75 Å². The molecule has 0 bridgehead atoms. The Balaban J connectivity index is 3.87. The first-order valence-electron chi connectivity index (χ1n) is 4.47. The van der Waals surface area contributed by atoms with Gasteiger partial charge in [-0.2, -0.15) is 16.8 Å². The third kappa shape index (κ3) is 2.79. The van der Waals surface area contributed by atoms with E-state index in [2.05, 4.69) is 0 Å². The molecule has 18 heavy (non-hydrogen) atoms. The molecular formula is C8H11NO7S2. The Hall–Kier alpha value is -1.20. The summed E-state index contributed by atoms with van der Waals surface area (Å²) in [6, 6.07) is 1.93. The number of rotatable bonds is 4. The molecule has 0 aliphatic carbocycles. The summed E-state index contributed by atoms with van der Waals surface area (Å²) >= 11 is 0. The first-order valence-corrected chi connectivity index (χ1v) is 7.36. The average Bonchev–Trinajstić information content (AvgIpc) is 2.24. The van der Waals surface area contributed by atoms with E-state index in [4.69, 9.17) is 19.6 Å². The van der Waals surface area contributed by atoms with Gasteiger partial charge in [0.05, 0.1) is 7.11 Å². The standard InChI is InChI=1S/C8H11NO7S2/c1-16-6-2-3-7(17(10,11)12)5(4-9)8(6)18(13,14)15/h2-3H,4,9H2,1H3,(H,10,11,12)(H,13,14,15). The van der Waals surface area contributed by atoms with Crippen molar-refractivity contribution in [3.8, 4) is 5.75 Å². The summed E-state index contributed by atoms with van der Waals surface area (Å²) < 4.78 is 67.3. The van der Waals surface area contributed by atoms with Crippen molar-refractivity contribution in [2.75, 3.05) is 7.11 Å². The van der Waals surface area contributed by atoms with Gasteiger partial charge in [-0.25, -0.2) is 0 Å². The van der Waals surface area contributed by atoms with Crippen molar-refractivity contribution >= 4 is 20.2 Å². The molecule has 10 heteroatoms. The Labute approximate surface area is 104 Å². The smallest absolute Gasteiger partial charge is 0.298 e. The molecule has 0 unspecified atom stereocenters. The van der Waals surface area contributed by atoms with Crippen LogP contribution >= 0.6 is 0 Å². The van der Waals surface area contributed by atoms with Crippen molar-refractivity contribution in [3.05, 3.63) is 17.7 Å². The Kier molecular flexibility index (Phi) is 3.98. The zero-order valence-electron chi connectivity index (χ0n) is 9.19. The fraction of sp³-hybridized carbons (Fsp3) is 0.250. The average molecular weight is 297 g/mol. The van der Waals surface area contributed by atoms with Crippen LogP contribution in [-0.4, -0.2) is 33.1 Å². The van der Waals surface area contributed by atoms with Gasteiger partial charge in [-0.15, -0.1) is 0 Å². The molecule has 102 valence electrons. The summed E-state index contributed by atoms with van der Waals surface area (Å²) in [5.41, 5.74) is 4.82. The topological polar surface area (TPSA) is 144 Å². The van der Waals surface area contributed by atoms with E-state index in [0.29, 0.717) is 0 Å². The second-order valence-electron chi connectivity index (χ2n) is 3.23. The van der Waals surface area contributed by atoms with Gasteiger partial charge in [0.2, 0.25) is 0 Å². The van der Waals surface area contributed by atoms with Crippen molar-refractivity contribution in [3.63, 3.8) is 0 Å². The molecule has 0 fully saturated rings. The Morgan fingerprint density at radius 2 is 1.72 bits per heavy atom. The number of hydrogen-bond acceptors (Lipinski definition) is 6. The van der Waals surface area contributed by atoms with Crippen molar-refractivity contribution in [1.82, 2.24) is 0 Å². The minimum atomic E-state index is -4.75. The van der Waals surface area contributed by atoms with E-state index in [9.17, 15) is 16.8 Å². The molecule has 8 nitrogen and oxygen atoms in total. The van der Waals surface area contributed by atoms with Crippen LogP contribution in [0.1, 0.15) is 5.56 Å². The van der Waals surface area contributed by atoms with Crippen molar-refractivity contribution in [2.24, 2.45) is 5.73 Å². The van der Waals surface area contributed by atoms with Crippen LogP contribution in [0.4, 0.5) is 0 Å². The van der Waals surface area contributed by atoms with Gasteiger partial charge in [-0.05, 0) is 12.1 Å². The maximum atomic E-state index is 11.2. The molecule has 1 aromatic rings. The summed E-state index contributed by atoms with van der Waals surface area (Å²) in [5.74, 6) is -0.273. The number of nitrogens with two attached hydrogens (primary N) is 1. The van der Waals surface area contributed by atoms with E-state index in [1.165, 1.54) is 0 Å². The molecule has 0 radical (unpaired) electrons. The Morgan fingerprint density at radius 1 is 1.17 bits per heavy atom. The minimum Gasteiger partial charge on any atom is -0.495 e.